The van der Waals surface area contributed by atoms with Crippen LogP contribution in [0.2, 0.25) is 0 Å². The van der Waals surface area contributed by atoms with Crippen molar-refractivity contribution in [2.75, 3.05) is 12.4 Å². The van der Waals surface area contributed by atoms with Gasteiger partial charge in [0.05, 0.1) is 19.6 Å². The molecule has 1 heterocycles. The molecule has 3 rings (SSSR count). The van der Waals surface area contributed by atoms with Crippen LogP contribution in [-0.2, 0) is 17.6 Å². The van der Waals surface area contributed by atoms with Gasteiger partial charge in [0.1, 0.15) is 5.75 Å². The van der Waals surface area contributed by atoms with E-state index in [4.69, 9.17) is 10.5 Å². The normalized spacial score (nSPS) is 14.4. The van der Waals surface area contributed by atoms with Crippen molar-refractivity contribution in [1.29, 1.82) is 0 Å². The number of rotatable bonds is 4. The Bertz CT molecular complexity index is 708. The van der Waals surface area contributed by atoms with E-state index < -0.39 is 0 Å². The van der Waals surface area contributed by atoms with Crippen LogP contribution in [0.15, 0.2) is 36.4 Å². The summed E-state index contributed by atoms with van der Waals surface area (Å²) in [6.07, 6.45) is 1.30. The summed E-state index contributed by atoms with van der Waals surface area (Å²) in [5.74, 6) is 0.869. The van der Waals surface area contributed by atoms with Gasteiger partial charge in [-0.2, -0.15) is 0 Å². The first-order chi connectivity index (χ1) is 10.6. The molecule has 4 nitrogen and oxygen atoms in total. The lowest BCUT2D eigenvalue weighted by Crippen LogP contribution is -2.12. The minimum atomic E-state index is -0.211. The molecule has 3 N–H and O–H groups in total. The smallest absolute Gasteiger partial charge is 0.228 e. The zero-order chi connectivity index (χ0) is 15.7. The molecule has 2 aromatic carbocycles. The van der Waals surface area contributed by atoms with Gasteiger partial charge in [0.15, 0.2) is 0 Å². The van der Waals surface area contributed by atoms with Crippen molar-refractivity contribution in [3.05, 3.63) is 58.7 Å². The second kappa shape index (κ2) is 5.81. The maximum absolute atomic E-state index is 11.6. The molecular weight excluding hydrogens is 276 g/mol. The number of hydrogen-bond acceptors (Lipinski definition) is 3. The molecule has 22 heavy (non-hydrogen) atoms. The van der Waals surface area contributed by atoms with Crippen LogP contribution < -0.4 is 15.8 Å². The van der Waals surface area contributed by atoms with Gasteiger partial charge in [-0.25, -0.2) is 0 Å². The number of nitrogens with two attached hydrogens (primary N) is 1. The lowest BCUT2D eigenvalue weighted by Gasteiger charge is -2.16. The van der Waals surface area contributed by atoms with Crippen LogP contribution in [-0.4, -0.2) is 13.0 Å². The van der Waals surface area contributed by atoms with Crippen molar-refractivity contribution in [2.24, 2.45) is 5.73 Å². The summed E-state index contributed by atoms with van der Waals surface area (Å²) in [4.78, 5) is 11.6. The standard InChI is InChI=1S/C18H20N2O2/c1-3-11-8-13(9-14-10-16(21)20-18(11)14)17(19)12-4-6-15(22-2)7-5-12/h4-9,17H,3,10,19H2,1-2H3,(H,20,21). The predicted octanol–water partition coefficient (Wildman–Crippen LogP) is 2.80. The molecule has 0 saturated carbocycles. The minimum Gasteiger partial charge on any atom is -0.497 e. The largest absolute Gasteiger partial charge is 0.497 e. The zero-order valence-electron chi connectivity index (χ0n) is 12.8. The van der Waals surface area contributed by atoms with Crippen LogP contribution >= 0.6 is 0 Å². The number of anilines is 1. The summed E-state index contributed by atoms with van der Waals surface area (Å²) in [5.41, 5.74) is 11.6. The van der Waals surface area contributed by atoms with Crippen LogP contribution in [0.3, 0.4) is 0 Å². The maximum atomic E-state index is 11.6. The highest BCUT2D eigenvalue weighted by molar-refractivity contribution is 6.00. The summed E-state index contributed by atoms with van der Waals surface area (Å²) >= 11 is 0. The summed E-state index contributed by atoms with van der Waals surface area (Å²) in [6, 6.07) is 11.7. The van der Waals surface area contributed by atoms with Gasteiger partial charge in [0.2, 0.25) is 5.91 Å². The molecule has 1 aliphatic rings. The van der Waals surface area contributed by atoms with Gasteiger partial charge in [-0.1, -0.05) is 31.2 Å². The number of carbonyl (C=O) groups is 1. The quantitative estimate of drug-likeness (QED) is 0.912. The SMILES string of the molecule is CCc1cc(C(N)c2ccc(OC)cc2)cc2c1NC(=O)C2. The van der Waals surface area contributed by atoms with Crippen molar-refractivity contribution in [3.8, 4) is 5.75 Å². The monoisotopic (exact) mass is 296 g/mol. The van der Waals surface area contributed by atoms with Gasteiger partial charge < -0.3 is 15.8 Å². The molecule has 1 amide bonds. The Labute approximate surface area is 130 Å². The van der Waals surface area contributed by atoms with Crippen LogP contribution in [0.25, 0.3) is 0 Å². The average molecular weight is 296 g/mol. The zero-order valence-corrected chi connectivity index (χ0v) is 12.8. The van der Waals surface area contributed by atoms with Crippen LogP contribution in [0.4, 0.5) is 5.69 Å². The van der Waals surface area contributed by atoms with E-state index >= 15 is 0 Å². The number of nitrogens with one attached hydrogen (secondary N) is 1. The van der Waals surface area contributed by atoms with Crippen LogP contribution in [0.1, 0.15) is 35.2 Å². The number of methoxy groups -OCH3 is 1. The number of benzene rings is 2. The Morgan fingerprint density at radius 3 is 2.59 bits per heavy atom. The van der Waals surface area contributed by atoms with Crippen LogP contribution in [0, 0.1) is 0 Å². The van der Waals surface area contributed by atoms with E-state index in [2.05, 4.69) is 18.3 Å². The maximum Gasteiger partial charge on any atom is 0.228 e. The van der Waals surface area contributed by atoms with Gasteiger partial charge in [-0.3, -0.25) is 4.79 Å². The molecule has 1 unspecified atom stereocenters. The van der Waals surface area contributed by atoms with Crippen molar-refractivity contribution >= 4 is 11.6 Å². The number of carbonyl (C=O) groups excluding carboxylic acids is 1. The van der Waals surface area contributed by atoms with Gasteiger partial charge in [-0.15, -0.1) is 0 Å². The molecule has 0 aliphatic carbocycles. The fraction of sp³-hybridized carbons (Fsp3) is 0.278. The second-order valence-electron chi connectivity index (χ2n) is 5.54. The first kappa shape index (κ1) is 14.6. The molecule has 1 aliphatic heterocycles. The van der Waals surface area contributed by atoms with Gasteiger partial charge in [0.25, 0.3) is 0 Å². The lowest BCUT2D eigenvalue weighted by molar-refractivity contribution is -0.115. The highest BCUT2D eigenvalue weighted by Gasteiger charge is 2.22. The first-order valence-corrected chi connectivity index (χ1v) is 7.47. The van der Waals surface area contributed by atoms with Gasteiger partial charge in [0, 0.05) is 5.69 Å². The van der Waals surface area contributed by atoms with E-state index in [1.807, 2.05) is 30.3 Å². The molecule has 0 fully saturated rings. The number of amides is 1. The Kier molecular flexibility index (Phi) is 3.86. The summed E-state index contributed by atoms with van der Waals surface area (Å²) in [7, 11) is 1.65. The Balaban J connectivity index is 1.97. The molecule has 114 valence electrons. The molecule has 1 atom stereocenters. The summed E-state index contributed by atoms with van der Waals surface area (Å²) in [6.45, 7) is 2.09. The molecule has 4 heteroatoms. The molecule has 0 saturated heterocycles. The Morgan fingerprint density at radius 2 is 1.95 bits per heavy atom. The first-order valence-electron chi connectivity index (χ1n) is 7.47. The summed E-state index contributed by atoms with van der Waals surface area (Å²) < 4.78 is 5.18. The number of hydrogen-bond donors (Lipinski definition) is 2. The molecule has 2 aromatic rings. The van der Waals surface area contributed by atoms with Gasteiger partial charge >= 0.3 is 0 Å². The Morgan fingerprint density at radius 1 is 1.23 bits per heavy atom. The molecule has 0 spiro atoms. The van der Waals surface area contributed by atoms with Crippen LogP contribution in [0.5, 0.6) is 5.75 Å². The van der Waals surface area contributed by atoms with Crippen molar-refractivity contribution in [2.45, 2.75) is 25.8 Å². The molecule has 0 radical (unpaired) electrons. The van der Waals surface area contributed by atoms with Crippen molar-refractivity contribution in [1.82, 2.24) is 0 Å². The van der Waals surface area contributed by atoms with E-state index in [0.717, 1.165) is 40.1 Å². The average Bonchev–Trinajstić information content (AvgIpc) is 2.93. The van der Waals surface area contributed by atoms with E-state index in [1.54, 1.807) is 7.11 Å². The third-order valence-electron chi connectivity index (χ3n) is 4.15. The number of aryl methyl sites for hydroxylation is 1. The molecule has 0 bridgehead atoms. The number of fused-ring (bicyclic) bond motifs is 1. The van der Waals surface area contributed by atoms with E-state index in [-0.39, 0.29) is 11.9 Å². The minimum absolute atomic E-state index is 0.0554. The third kappa shape index (κ3) is 2.57. The van der Waals surface area contributed by atoms with Crippen molar-refractivity contribution in [3.63, 3.8) is 0 Å². The fourth-order valence-corrected chi connectivity index (χ4v) is 2.91. The fourth-order valence-electron chi connectivity index (χ4n) is 2.91. The van der Waals surface area contributed by atoms with Gasteiger partial charge in [-0.05, 0) is 40.8 Å². The molecule has 0 aromatic heterocycles. The van der Waals surface area contributed by atoms with E-state index in [9.17, 15) is 4.79 Å². The topological polar surface area (TPSA) is 64.3 Å². The molecular formula is C18H20N2O2. The lowest BCUT2D eigenvalue weighted by atomic mass is 9.93. The third-order valence-corrected chi connectivity index (χ3v) is 4.15. The highest BCUT2D eigenvalue weighted by atomic mass is 16.5. The summed E-state index contributed by atoms with van der Waals surface area (Å²) in [5, 5.41) is 2.94. The Hall–Kier alpha value is -2.33. The second-order valence-corrected chi connectivity index (χ2v) is 5.54. The van der Waals surface area contributed by atoms with E-state index in [0.29, 0.717) is 6.42 Å². The van der Waals surface area contributed by atoms with Crippen molar-refractivity contribution < 1.29 is 9.53 Å². The number of ether oxygens (including phenoxy) is 1. The highest BCUT2D eigenvalue weighted by Crippen LogP contribution is 2.32. The van der Waals surface area contributed by atoms with E-state index in [1.165, 1.54) is 0 Å². The predicted molar refractivity (Wildman–Crippen MR) is 87.2 cm³/mol.